The highest BCUT2D eigenvalue weighted by atomic mass is 32.3. The van der Waals surface area contributed by atoms with Gasteiger partial charge in [0.05, 0.1) is 30.2 Å². The van der Waals surface area contributed by atoms with E-state index in [2.05, 4.69) is 48.5 Å². The molecule has 0 radical (unpaired) electrons. The number of thioether (sulfide) groups is 6. The van der Waals surface area contributed by atoms with Crippen LogP contribution in [0.3, 0.4) is 0 Å². The van der Waals surface area contributed by atoms with E-state index in [4.69, 9.17) is 9.47 Å². The Morgan fingerprint density at radius 3 is 1.53 bits per heavy atom. The van der Waals surface area contributed by atoms with Gasteiger partial charge in [0.25, 0.3) is 0 Å². The average Bonchev–Trinajstić information content (AvgIpc) is 3.77. The van der Waals surface area contributed by atoms with Crippen LogP contribution in [0.5, 0.6) is 0 Å². The molecular weight excluding hydrogens is 513 g/mol. The molecule has 5 heterocycles. The van der Waals surface area contributed by atoms with Crippen molar-refractivity contribution >= 4 is 80.4 Å². The summed E-state index contributed by atoms with van der Waals surface area (Å²) in [7, 11) is 0. The molecule has 2 atom stereocenters. The lowest BCUT2D eigenvalue weighted by Crippen LogP contribution is -1.88. The molecule has 0 amide bonds. The fourth-order valence-electron chi connectivity index (χ4n) is 3.81. The van der Waals surface area contributed by atoms with Crippen molar-refractivity contribution in [2.24, 2.45) is 0 Å². The van der Waals surface area contributed by atoms with Crippen LogP contribution in [0.1, 0.15) is 34.5 Å². The molecule has 0 aliphatic carbocycles. The summed E-state index contributed by atoms with van der Waals surface area (Å²) in [6.45, 7) is 1.69. The summed E-state index contributed by atoms with van der Waals surface area (Å²) in [6.07, 6.45) is 0.550. The van der Waals surface area contributed by atoms with Crippen LogP contribution in [-0.4, -0.2) is 24.7 Å². The quantitative estimate of drug-likeness (QED) is 0.364. The van der Waals surface area contributed by atoms with Gasteiger partial charge in [-0.25, -0.2) is 0 Å². The Labute approximate surface area is 213 Å². The molecule has 0 bridgehead atoms. The predicted octanol–water partition coefficient (Wildman–Crippen LogP) is 8.35. The molecule has 0 N–H and O–H groups in total. The van der Waals surface area contributed by atoms with Crippen LogP contribution in [0.4, 0.5) is 0 Å². The van der Waals surface area contributed by atoms with Gasteiger partial charge < -0.3 is 9.47 Å². The standard InChI is InChI=1S/C24H18O2S6/c1-3-13(17-11-25-17)9-15(5-1)19-20(16-6-2-4-14(10-16)18-12-26-18)30-23(29-19)24-31-21-22(32-24)28-8-7-27-21/h1-6,9-10,17-18H,7-8,11-12H2. The maximum atomic E-state index is 5.56. The lowest BCUT2D eigenvalue weighted by molar-refractivity contribution is 0.415. The molecular formula is C24H18O2S6. The first-order valence-electron chi connectivity index (χ1n) is 10.5. The van der Waals surface area contributed by atoms with Crippen LogP contribution in [0, 0.1) is 0 Å². The van der Waals surface area contributed by atoms with Crippen molar-refractivity contribution in [3.8, 4) is 0 Å². The van der Waals surface area contributed by atoms with Gasteiger partial charge in [-0.15, -0.1) is 23.5 Å². The van der Waals surface area contributed by atoms with Crippen LogP contribution in [0.2, 0.25) is 0 Å². The Morgan fingerprint density at radius 2 is 1.06 bits per heavy atom. The van der Waals surface area contributed by atoms with Gasteiger partial charge in [0, 0.05) is 21.3 Å². The monoisotopic (exact) mass is 530 g/mol. The smallest absolute Gasteiger partial charge is 0.106 e. The Bertz CT molecular complexity index is 1120. The summed E-state index contributed by atoms with van der Waals surface area (Å²) in [6, 6.07) is 17.9. The molecule has 2 nitrogen and oxygen atoms in total. The third-order valence-corrected chi connectivity index (χ3v) is 14.6. The van der Waals surface area contributed by atoms with E-state index in [1.165, 1.54) is 60.5 Å². The third-order valence-electron chi connectivity index (χ3n) is 5.56. The summed E-state index contributed by atoms with van der Waals surface area (Å²) in [5.74, 6) is 2.45. The van der Waals surface area contributed by atoms with E-state index < -0.39 is 0 Å². The van der Waals surface area contributed by atoms with Crippen molar-refractivity contribution in [2.75, 3.05) is 24.7 Å². The van der Waals surface area contributed by atoms with Crippen molar-refractivity contribution in [1.82, 2.24) is 0 Å². The summed E-state index contributed by atoms with van der Waals surface area (Å²) in [5.41, 5.74) is 5.17. The molecule has 5 aliphatic rings. The molecule has 2 saturated heterocycles. The first-order valence-corrected chi connectivity index (χ1v) is 15.7. The van der Waals surface area contributed by atoms with Crippen molar-refractivity contribution in [2.45, 2.75) is 12.2 Å². The van der Waals surface area contributed by atoms with E-state index in [9.17, 15) is 0 Å². The Hall–Kier alpha value is -0.320. The minimum absolute atomic E-state index is 0.275. The van der Waals surface area contributed by atoms with Crippen LogP contribution < -0.4 is 0 Å². The normalized spacial score (nSPS) is 26.8. The van der Waals surface area contributed by atoms with Crippen molar-refractivity contribution in [3.05, 3.63) is 87.7 Å². The molecule has 162 valence electrons. The van der Waals surface area contributed by atoms with Gasteiger partial charge in [-0.3, -0.25) is 0 Å². The van der Waals surface area contributed by atoms with E-state index in [1.54, 1.807) is 0 Å². The third kappa shape index (κ3) is 4.15. The number of benzene rings is 2. The second-order valence-electron chi connectivity index (χ2n) is 7.81. The molecule has 0 aromatic heterocycles. The number of ether oxygens (including phenoxy) is 2. The molecule has 0 spiro atoms. The van der Waals surface area contributed by atoms with Gasteiger partial charge in [0.2, 0.25) is 0 Å². The first kappa shape index (κ1) is 21.0. The molecule has 2 fully saturated rings. The topological polar surface area (TPSA) is 25.1 Å². The molecule has 2 aromatic rings. The van der Waals surface area contributed by atoms with Crippen molar-refractivity contribution in [3.63, 3.8) is 0 Å². The average molecular weight is 531 g/mol. The zero-order chi connectivity index (χ0) is 21.1. The summed E-state index contributed by atoms with van der Waals surface area (Å²) >= 11 is 11.9. The molecule has 0 saturated carbocycles. The summed E-state index contributed by atoms with van der Waals surface area (Å²) < 4.78 is 17.0. The van der Waals surface area contributed by atoms with Crippen molar-refractivity contribution < 1.29 is 9.47 Å². The van der Waals surface area contributed by atoms with Gasteiger partial charge in [-0.05, 0) is 34.4 Å². The largest absolute Gasteiger partial charge is 0.368 e. The zero-order valence-electron chi connectivity index (χ0n) is 16.9. The first-order chi connectivity index (χ1) is 15.8. The second-order valence-corrected chi connectivity index (χ2v) is 15.1. The van der Waals surface area contributed by atoms with Crippen LogP contribution in [-0.2, 0) is 9.47 Å². The summed E-state index contributed by atoms with van der Waals surface area (Å²) in [5, 5.41) is 0. The second kappa shape index (κ2) is 8.72. The predicted molar refractivity (Wildman–Crippen MR) is 146 cm³/mol. The van der Waals surface area contributed by atoms with E-state index >= 15 is 0 Å². The van der Waals surface area contributed by atoms with Crippen LogP contribution >= 0.6 is 70.6 Å². The molecule has 2 unspecified atom stereocenters. The van der Waals surface area contributed by atoms with Crippen molar-refractivity contribution in [1.29, 1.82) is 0 Å². The number of hydrogen-bond acceptors (Lipinski definition) is 8. The lowest BCUT2D eigenvalue weighted by atomic mass is 10.0. The molecule has 7 rings (SSSR count). The highest BCUT2D eigenvalue weighted by Gasteiger charge is 2.34. The minimum atomic E-state index is 0.275. The van der Waals surface area contributed by atoms with Gasteiger partial charge in [-0.2, -0.15) is 0 Å². The molecule has 32 heavy (non-hydrogen) atoms. The van der Waals surface area contributed by atoms with E-state index in [1.807, 2.05) is 70.6 Å². The molecule has 5 aliphatic heterocycles. The van der Waals surface area contributed by atoms with Gasteiger partial charge in [0.15, 0.2) is 0 Å². The van der Waals surface area contributed by atoms with Gasteiger partial charge in [-0.1, -0.05) is 83.4 Å². The Kier molecular flexibility index (Phi) is 5.72. The van der Waals surface area contributed by atoms with Gasteiger partial charge in [0.1, 0.15) is 12.2 Å². The number of epoxide rings is 2. The SMILES string of the molecule is c1cc(C2=C(c3cccc(C4CO4)c3)SC(=C3SC4=C(SCCS4)S3)S2)cc(C2CO2)c1. The molecule has 8 heteroatoms. The molecule has 2 aromatic carbocycles. The number of hydrogen-bond donors (Lipinski definition) is 0. The maximum absolute atomic E-state index is 5.56. The Balaban J connectivity index is 1.28. The van der Waals surface area contributed by atoms with Gasteiger partial charge >= 0.3 is 0 Å². The zero-order valence-corrected chi connectivity index (χ0v) is 21.8. The Morgan fingerprint density at radius 1 is 0.594 bits per heavy atom. The fraction of sp³-hybridized carbons (Fsp3) is 0.250. The van der Waals surface area contributed by atoms with E-state index in [0.717, 1.165) is 13.2 Å². The lowest BCUT2D eigenvalue weighted by Gasteiger charge is -2.08. The fourth-order valence-corrected chi connectivity index (χ4v) is 12.8. The minimum Gasteiger partial charge on any atom is -0.368 e. The van der Waals surface area contributed by atoms with E-state index in [0.29, 0.717) is 0 Å². The highest BCUT2D eigenvalue weighted by molar-refractivity contribution is 8.43. The number of rotatable bonds is 4. The van der Waals surface area contributed by atoms with E-state index in [-0.39, 0.29) is 12.2 Å². The maximum Gasteiger partial charge on any atom is 0.106 e. The summed E-state index contributed by atoms with van der Waals surface area (Å²) in [4.78, 5) is 2.72. The highest BCUT2D eigenvalue weighted by Crippen LogP contribution is 2.67. The van der Waals surface area contributed by atoms with Crippen LogP contribution in [0.15, 0.2) is 65.5 Å². The van der Waals surface area contributed by atoms with Crippen LogP contribution in [0.25, 0.3) is 9.81 Å².